The van der Waals surface area contributed by atoms with Crippen molar-refractivity contribution in [3.05, 3.63) is 40.1 Å². The van der Waals surface area contributed by atoms with Crippen LogP contribution in [0.25, 0.3) is 0 Å². The Balaban J connectivity index is 2.34. The van der Waals surface area contributed by atoms with Crippen LogP contribution in [-0.4, -0.2) is 16.5 Å². The van der Waals surface area contributed by atoms with Gasteiger partial charge < -0.3 is 10.6 Å². The number of benzene rings is 1. The number of hydrogen-bond acceptors (Lipinski definition) is 4. The first-order chi connectivity index (χ1) is 10.0. The number of nitrogens with one attached hydrogen (secondary N) is 2. The van der Waals surface area contributed by atoms with E-state index in [9.17, 15) is 8.78 Å². The van der Waals surface area contributed by atoms with Crippen molar-refractivity contribution < 1.29 is 8.78 Å². The fourth-order valence-corrected chi connectivity index (χ4v) is 2.09. The average molecular weight is 357 g/mol. The molecule has 2 aromatic rings. The summed E-state index contributed by atoms with van der Waals surface area (Å²) < 4.78 is 27.2. The van der Waals surface area contributed by atoms with E-state index in [4.69, 9.17) is 0 Å². The Labute approximate surface area is 130 Å². The van der Waals surface area contributed by atoms with Crippen molar-refractivity contribution in [2.45, 2.75) is 20.3 Å². The van der Waals surface area contributed by atoms with E-state index in [1.54, 1.807) is 6.07 Å². The molecule has 2 rings (SSSR count). The lowest BCUT2D eigenvalue weighted by atomic mass is 10.3. The number of hydrogen-bond donors (Lipinski definition) is 2. The Morgan fingerprint density at radius 2 is 1.76 bits per heavy atom. The Hall–Kier alpha value is -1.76. The van der Waals surface area contributed by atoms with Crippen molar-refractivity contribution in [1.82, 2.24) is 9.97 Å². The molecule has 1 aromatic heterocycles. The molecular formula is C14H15BrF2N4. The van der Waals surface area contributed by atoms with Crippen molar-refractivity contribution in [3.8, 4) is 0 Å². The molecule has 0 aliphatic heterocycles. The second kappa shape index (κ2) is 6.80. The molecule has 0 unspecified atom stereocenters. The number of rotatable bonds is 5. The van der Waals surface area contributed by atoms with Gasteiger partial charge in [0.25, 0.3) is 0 Å². The molecule has 0 amide bonds. The van der Waals surface area contributed by atoms with Crippen LogP contribution in [0.1, 0.15) is 19.7 Å². The first kappa shape index (κ1) is 15.6. The van der Waals surface area contributed by atoms with Crippen LogP contribution < -0.4 is 10.6 Å². The van der Waals surface area contributed by atoms with Gasteiger partial charge in [0.05, 0.1) is 10.2 Å². The van der Waals surface area contributed by atoms with Crippen LogP contribution in [0.4, 0.5) is 26.1 Å². The van der Waals surface area contributed by atoms with Gasteiger partial charge in [0.2, 0.25) is 0 Å². The molecular weight excluding hydrogens is 342 g/mol. The number of halogens is 3. The Kier molecular flexibility index (Phi) is 5.06. The van der Waals surface area contributed by atoms with E-state index in [1.807, 2.05) is 13.8 Å². The number of aryl methyl sites for hydroxylation is 1. The summed E-state index contributed by atoms with van der Waals surface area (Å²) in [7, 11) is 0. The van der Waals surface area contributed by atoms with E-state index in [-0.39, 0.29) is 10.2 Å². The van der Waals surface area contributed by atoms with Gasteiger partial charge in [-0.1, -0.05) is 6.92 Å². The molecule has 0 radical (unpaired) electrons. The average Bonchev–Trinajstić information content (AvgIpc) is 2.45. The third kappa shape index (κ3) is 3.87. The second-order valence-corrected chi connectivity index (χ2v) is 5.16. The van der Waals surface area contributed by atoms with Crippen LogP contribution in [0.5, 0.6) is 0 Å². The lowest BCUT2D eigenvalue weighted by Gasteiger charge is -2.11. The van der Waals surface area contributed by atoms with Gasteiger partial charge >= 0.3 is 0 Å². The maximum atomic E-state index is 13.8. The van der Waals surface area contributed by atoms with Gasteiger partial charge in [-0.3, -0.25) is 0 Å². The summed E-state index contributed by atoms with van der Waals surface area (Å²) in [5.74, 6) is 0.418. The van der Waals surface area contributed by atoms with Crippen molar-refractivity contribution in [1.29, 1.82) is 0 Å². The number of anilines is 3. The van der Waals surface area contributed by atoms with E-state index in [1.165, 1.54) is 6.07 Å². The summed E-state index contributed by atoms with van der Waals surface area (Å²) >= 11 is 3.03. The lowest BCUT2D eigenvalue weighted by Crippen LogP contribution is -2.06. The second-order valence-electron chi connectivity index (χ2n) is 4.31. The molecule has 4 nitrogen and oxygen atoms in total. The smallest absolute Gasteiger partial charge is 0.149 e. The molecule has 0 aliphatic carbocycles. The zero-order valence-electron chi connectivity index (χ0n) is 11.7. The van der Waals surface area contributed by atoms with E-state index in [0.29, 0.717) is 23.9 Å². The summed E-state index contributed by atoms with van der Waals surface area (Å²) in [5.41, 5.74) is 0.145. The highest BCUT2D eigenvalue weighted by molar-refractivity contribution is 9.10. The van der Waals surface area contributed by atoms with E-state index in [2.05, 4.69) is 36.5 Å². The molecule has 1 aromatic carbocycles. The SMILES string of the molecule is CCNc1cc(Nc2cc(Br)c(F)cc2F)nc(CC)n1. The maximum Gasteiger partial charge on any atom is 0.149 e. The zero-order valence-corrected chi connectivity index (χ0v) is 13.3. The fraction of sp³-hybridized carbons (Fsp3) is 0.286. The molecule has 0 spiro atoms. The minimum atomic E-state index is -0.683. The monoisotopic (exact) mass is 356 g/mol. The molecule has 0 fully saturated rings. The highest BCUT2D eigenvalue weighted by atomic mass is 79.9. The quantitative estimate of drug-likeness (QED) is 0.786. The predicted molar refractivity (Wildman–Crippen MR) is 82.9 cm³/mol. The van der Waals surface area contributed by atoms with E-state index < -0.39 is 11.6 Å². The molecule has 112 valence electrons. The Bertz CT molecular complexity index is 649. The first-order valence-electron chi connectivity index (χ1n) is 6.56. The fourth-order valence-electron chi connectivity index (χ4n) is 1.75. The minimum Gasteiger partial charge on any atom is -0.370 e. The van der Waals surface area contributed by atoms with Gasteiger partial charge in [-0.15, -0.1) is 0 Å². The van der Waals surface area contributed by atoms with Gasteiger partial charge in [-0.2, -0.15) is 0 Å². The van der Waals surface area contributed by atoms with Crippen LogP contribution in [0.15, 0.2) is 22.7 Å². The Morgan fingerprint density at radius 3 is 2.43 bits per heavy atom. The van der Waals surface area contributed by atoms with Crippen LogP contribution in [0.3, 0.4) is 0 Å². The normalized spacial score (nSPS) is 10.5. The predicted octanol–water partition coefficient (Wildman–Crippen LogP) is 4.26. The van der Waals surface area contributed by atoms with E-state index >= 15 is 0 Å². The maximum absolute atomic E-state index is 13.8. The molecule has 0 saturated heterocycles. The zero-order chi connectivity index (χ0) is 15.4. The van der Waals surface area contributed by atoms with Crippen LogP contribution in [0.2, 0.25) is 0 Å². The molecule has 2 N–H and O–H groups in total. The van der Waals surface area contributed by atoms with Crippen LogP contribution in [0, 0.1) is 11.6 Å². The highest BCUT2D eigenvalue weighted by Gasteiger charge is 2.10. The molecule has 0 atom stereocenters. The third-order valence-electron chi connectivity index (χ3n) is 2.72. The summed E-state index contributed by atoms with van der Waals surface area (Å²) in [5, 5.41) is 5.94. The van der Waals surface area contributed by atoms with E-state index in [0.717, 1.165) is 12.6 Å². The minimum absolute atomic E-state index is 0.145. The molecule has 0 saturated carbocycles. The molecule has 0 bridgehead atoms. The largest absolute Gasteiger partial charge is 0.370 e. The van der Waals surface area contributed by atoms with Gasteiger partial charge in [0.1, 0.15) is 29.1 Å². The summed E-state index contributed by atoms with van der Waals surface area (Å²) in [4.78, 5) is 8.60. The third-order valence-corrected chi connectivity index (χ3v) is 3.33. The molecule has 0 aliphatic rings. The van der Waals surface area contributed by atoms with Crippen LogP contribution in [-0.2, 0) is 6.42 Å². The standard InChI is InChI=1S/C14H15BrF2N4/c1-3-12-20-13(18-4-2)7-14(21-12)19-11-5-8(15)9(16)6-10(11)17/h5-7H,3-4H2,1-2H3,(H2,18,19,20,21). The van der Waals surface area contributed by atoms with Crippen molar-refractivity contribution in [2.24, 2.45) is 0 Å². The molecule has 7 heteroatoms. The molecule has 1 heterocycles. The van der Waals surface area contributed by atoms with Gasteiger partial charge in [0, 0.05) is 25.1 Å². The van der Waals surface area contributed by atoms with Crippen LogP contribution >= 0.6 is 15.9 Å². The first-order valence-corrected chi connectivity index (χ1v) is 7.36. The van der Waals surface area contributed by atoms with Crippen molar-refractivity contribution >= 4 is 33.3 Å². The topological polar surface area (TPSA) is 49.8 Å². The number of aromatic nitrogens is 2. The lowest BCUT2D eigenvalue weighted by molar-refractivity contribution is 0.581. The molecule has 21 heavy (non-hydrogen) atoms. The van der Waals surface area contributed by atoms with Crippen molar-refractivity contribution in [2.75, 3.05) is 17.2 Å². The van der Waals surface area contributed by atoms with Gasteiger partial charge in [-0.25, -0.2) is 18.7 Å². The highest BCUT2D eigenvalue weighted by Crippen LogP contribution is 2.26. The van der Waals surface area contributed by atoms with Crippen molar-refractivity contribution in [3.63, 3.8) is 0 Å². The van der Waals surface area contributed by atoms with Gasteiger partial charge in [-0.05, 0) is 28.9 Å². The summed E-state index contributed by atoms with van der Waals surface area (Å²) in [6, 6.07) is 3.84. The summed E-state index contributed by atoms with van der Waals surface area (Å²) in [6.45, 7) is 4.61. The number of nitrogens with zero attached hydrogens (tertiary/aromatic N) is 2. The Morgan fingerprint density at radius 1 is 1.05 bits per heavy atom. The van der Waals surface area contributed by atoms with Gasteiger partial charge in [0.15, 0.2) is 0 Å². The summed E-state index contributed by atoms with van der Waals surface area (Å²) in [6.07, 6.45) is 0.656.